The molecule has 104 valence electrons. The normalized spacial score (nSPS) is 24.6. The van der Waals surface area contributed by atoms with Crippen LogP contribution in [0.2, 0.25) is 0 Å². The number of ether oxygens (including phenoxy) is 1. The summed E-state index contributed by atoms with van der Waals surface area (Å²) in [5.41, 5.74) is 0. The Hall–Kier alpha value is -1.30. The van der Waals surface area contributed by atoms with Gasteiger partial charge in [-0.15, -0.1) is 0 Å². The molecule has 1 rings (SSSR count). The van der Waals surface area contributed by atoms with Gasteiger partial charge in [-0.1, -0.05) is 6.92 Å². The number of hydrogen-bond acceptors (Lipinski definition) is 3. The number of carboxylic acid groups (broad SMARTS) is 1. The van der Waals surface area contributed by atoms with Gasteiger partial charge in [0.2, 0.25) is 0 Å². The van der Waals surface area contributed by atoms with Crippen LogP contribution >= 0.6 is 0 Å². The topological polar surface area (TPSA) is 78.9 Å². The molecule has 18 heavy (non-hydrogen) atoms. The molecule has 1 fully saturated rings. The Morgan fingerprint density at radius 3 is 2.61 bits per heavy atom. The first-order valence-corrected chi connectivity index (χ1v) is 6.38. The van der Waals surface area contributed by atoms with E-state index in [-0.39, 0.29) is 24.7 Å². The van der Waals surface area contributed by atoms with Gasteiger partial charge in [0.15, 0.2) is 0 Å². The molecule has 0 aromatic carbocycles. The zero-order valence-corrected chi connectivity index (χ0v) is 11.2. The number of nitrogens with zero attached hydrogens (tertiary/aromatic N) is 1. The second-order valence-electron chi connectivity index (χ2n) is 4.59. The lowest BCUT2D eigenvalue weighted by Gasteiger charge is -2.30. The first-order chi connectivity index (χ1) is 8.51. The summed E-state index contributed by atoms with van der Waals surface area (Å²) in [6, 6.07) is -0.512. The van der Waals surface area contributed by atoms with Gasteiger partial charge >= 0.3 is 12.0 Å². The highest BCUT2D eigenvalue weighted by atomic mass is 16.5. The third kappa shape index (κ3) is 3.35. The Labute approximate surface area is 107 Å². The third-order valence-corrected chi connectivity index (χ3v) is 3.35. The van der Waals surface area contributed by atoms with Crippen LogP contribution in [-0.4, -0.2) is 53.8 Å². The van der Waals surface area contributed by atoms with Gasteiger partial charge in [-0.25, -0.2) is 4.79 Å². The molecule has 1 heterocycles. The average molecular weight is 258 g/mol. The van der Waals surface area contributed by atoms with Crippen molar-refractivity contribution in [3.63, 3.8) is 0 Å². The van der Waals surface area contributed by atoms with Gasteiger partial charge < -0.3 is 20.1 Å². The lowest BCUT2D eigenvalue weighted by atomic mass is 10.0. The maximum absolute atomic E-state index is 12.1. The van der Waals surface area contributed by atoms with Crippen LogP contribution in [0.1, 0.15) is 27.2 Å². The van der Waals surface area contributed by atoms with Crippen LogP contribution in [0.4, 0.5) is 4.79 Å². The SMILES string of the molecule is CCC(C)NC(=O)N(CC)C1COCC1C(=O)O. The van der Waals surface area contributed by atoms with Crippen LogP contribution in [-0.2, 0) is 9.53 Å². The summed E-state index contributed by atoms with van der Waals surface area (Å²) in [6.45, 7) is 6.69. The summed E-state index contributed by atoms with van der Waals surface area (Å²) in [6.07, 6.45) is 0.840. The van der Waals surface area contributed by atoms with Crippen molar-refractivity contribution >= 4 is 12.0 Å². The predicted molar refractivity (Wildman–Crippen MR) is 66.4 cm³/mol. The summed E-state index contributed by atoms with van der Waals surface area (Å²) in [7, 11) is 0. The van der Waals surface area contributed by atoms with Crippen LogP contribution < -0.4 is 5.32 Å². The van der Waals surface area contributed by atoms with Crippen molar-refractivity contribution in [2.45, 2.75) is 39.3 Å². The standard InChI is InChI=1S/C12H22N2O4/c1-4-8(3)13-12(17)14(5-2)10-7-18-6-9(10)11(15)16/h8-10H,4-7H2,1-3H3,(H,13,17)(H,15,16). The molecule has 1 aliphatic rings. The molecule has 0 aromatic rings. The molecular formula is C12H22N2O4. The van der Waals surface area contributed by atoms with E-state index < -0.39 is 11.9 Å². The van der Waals surface area contributed by atoms with Crippen LogP contribution in [0.15, 0.2) is 0 Å². The Bertz CT molecular complexity index is 308. The van der Waals surface area contributed by atoms with Gasteiger partial charge in [0.25, 0.3) is 0 Å². The molecule has 0 spiro atoms. The number of nitrogens with one attached hydrogen (secondary N) is 1. The molecule has 6 heteroatoms. The van der Waals surface area contributed by atoms with Crippen molar-refractivity contribution in [2.75, 3.05) is 19.8 Å². The highest BCUT2D eigenvalue weighted by Crippen LogP contribution is 2.20. The Morgan fingerprint density at radius 1 is 1.44 bits per heavy atom. The number of hydrogen-bond donors (Lipinski definition) is 2. The van der Waals surface area contributed by atoms with Gasteiger partial charge in [-0.2, -0.15) is 0 Å². The van der Waals surface area contributed by atoms with Gasteiger partial charge in [-0.3, -0.25) is 4.79 Å². The molecule has 3 unspecified atom stereocenters. The van der Waals surface area contributed by atoms with E-state index >= 15 is 0 Å². The molecule has 0 aliphatic carbocycles. The molecule has 2 N–H and O–H groups in total. The second-order valence-corrected chi connectivity index (χ2v) is 4.59. The fourth-order valence-electron chi connectivity index (χ4n) is 2.01. The minimum Gasteiger partial charge on any atom is -0.481 e. The zero-order valence-electron chi connectivity index (χ0n) is 11.2. The molecule has 1 aliphatic heterocycles. The summed E-state index contributed by atoms with van der Waals surface area (Å²) >= 11 is 0. The van der Waals surface area contributed by atoms with E-state index in [1.165, 1.54) is 0 Å². The molecule has 6 nitrogen and oxygen atoms in total. The molecule has 0 bridgehead atoms. The molecule has 0 radical (unpaired) electrons. The molecule has 0 saturated carbocycles. The summed E-state index contributed by atoms with van der Waals surface area (Å²) in [5.74, 6) is -1.54. The van der Waals surface area contributed by atoms with Crippen molar-refractivity contribution in [2.24, 2.45) is 5.92 Å². The number of likely N-dealkylation sites (N-methyl/N-ethyl adjacent to an activating group) is 1. The zero-order chi connectivity index (χ0) is 13.7. The molecule has 1 saturated heterocycles. The number of carbonyl (C=O) groups excluding carboxylic acids is 1. The number of amides is 2. The number of rotatable bonds is 5. The Balaban J connectivity index is 2.70. The van der Waals surface area contributed by atoms with Crippen LogP contribution in [0, 0.1) is 5.92 Å². The van der Waals surface area contributed by atoms with Crippen molar-refractivity contribution in [1.29, 1.82) is 0 Å². The number of carbonyl (C=O) groups is 2. The predicted octanol–water partition coefficient (Wildman–Crippen LogP) is 0.916. The van der Waals surface area contributed by atoms with Crippen molar-refractivity contribution in [1.82, 2.24) is 10.2 Å². The van der Waals surface area contributed by atoms with Crippen molar-refractivity contribution in [3.05, 3.63) is 0 Å². The van der Waals surface area contributed by atoms with Gasteiger partial charge in [0.05, 0.1) is 19.3 Å². The van der Waals surface area contributed by atoms with Crippen LogP contribution in [0.3, 0.4) is 0 Å². The van der Waals surface area contributed by atoms with E-state index in [1.807, 2.05) is 20.8 Å². The van der Waals surface area contributed by atoms with Gasteiger partial charge in [0.1, 0.15) is 5.92 Å². The van der Waals surface area contributed by atoms with E-state index in [2.05, 4.69) is 5.32 Å². The summed E-state index contributed by atoms with van der Waals surface area (Å²) in [4.78, 5) is 24.7. The largest absolute Gasteiger partial charge is 0.481 e. The third-order valence-electron chi connectivity index (χ3n) is 3.35. The first kappa shape index (κ1) is 14.8. The first-order valence-electron chi connectivity index (χ1n) is 6.38. The molecule has 0 aromatic heterocycles. The highest BCUT2D eigenvalue weighted by molar-refractivity contribution is 5.77. The summed E-state index contributed by atoms with van der Waals surface area (Å²) < 4.78 is 5.19. The van der Waals surface area contributed by atoms with Gasteiger partial charge in [0, 0.05) is 12.6 Å². The van der Waals surface area contributed by atoms with Crippen LogP contribution in [0.5, 0.6) is 0 Å². The van der Waals surface area contributed by atoms with E-state index in [0.717, 1.165) is 6.42 Å². The minimum atomic E-state index is -0.910. The molecular weight excluding hydrogens is 236 g/mol. The molecule has 3 atom stereocenters. The molecule has 2 amide bonds. The van der Waals surface area contributed by atoms with Crippen molar-refractivity contribution < 1.29 is 19.4 Å². The second kappa shape index (κ2) is 6.58. The van der Waals surface area contributed by atoms with E-state index in [0.29, 0.717) is 13.2 Å². The maximum atomic E-state index is 12.1. The quantitative estimate of drug-likeness (QED) is 0.768. The lowest BCUT2D eigenvalue weighted by molar-refractivity contribution is -0.142. The maximum Gasteiger partial charge on any atom is 0.317 e. The lowest BCUT2D eigenvalue weighted by Crippen LogP contribution is -2.52. The number of carboxylic acids is 1. The highest BCUT2D eigenvalue weighted by Gasteiger charge is 2.39. The monoisotopic (exact) mass is 258 g/mol. The van der Waals surface area contributed by atoms with Crippen molar-refractivity contribution in [3.8, 4) is 0 Å². The number of urea groups is 1. The van der Waals surface area contributed by atoms with E-state index in [9.17, 15) is 9.59 Å². The smallest absolute Gasteiger partial charge is 0.317 e. The average Bonchev–Trinajstić information content (AvgIpc) is 2.79. The Morgan fingerprint density at radius 2 is 2.11 bits per heavy atom. The van der Waals surface area contributed by atoms with Crippen LogP contribution in [0.25, 0.3) is 0 Å². The minimum absolute atomic E-state index is 0.0807. The fraction of sp³-hybridized carbons (Fsp3) is 0.833. The number of aliphatic carboxylic acids is 1. The summed E-state index contributed by atoms with van der Waals surface area (Å²) in [5, 5.41) is 12.0. The van der Waals surface area contributed by atoms with E-state index in [1.54, 1.807) is 4.90 Å². The fourth-order valence-corrected chi connectivity index (χ4v) is 2.01. The van der Waals surface area contributed by atoms with E-state index in [4.69, 9.17) is 9.84 Å². The van der Waals surface area contributed by atoms with Gasteiger partial charge in [-0.05, 0) is 20.3 Å². The Kier molecular flexibility index (Phi) is 5.40.